The van der Waals surface area contributed by atoms with E-state index in [-0.39, 0.29) is 11.9 Å². The highest BCUT2D eigenvalue weighted by Gasteiger charge is 2.31. The van der Waals surface area contributed by atoms with Crippen LogP contribution < -0.4 is 10.5 Å². The van der Waals surface area contributed by atoms with E-state index in [4.69, 9.17) is 10.5 Å². The monoisotopic (exact) mass is 354 g/mol. The van der Waals surface area contributed by atoms with E-state index in [1.165, 1.54) is 0 Å². The molecule has 1 fully saturated rings. The topological polar surface area (TPSA) is 55.6 Å². The fourth-order valence-corrected chi connectivity index (χ4v) is 3.36. The molecule has 0 saturated carbocycles. The molecule has 1 aromatic carbocycles. The second-order valence-electron chi connectivity index (χ2n) is 5.53. The molecule has 0 aromatic heterocycles. The molecule has 2 atom stereocenters. The summed E-state index contributed by atoms with van der Waals surface area (Å²) >= 11 is 3.46. The molecule has 1 saturated heterocycles. The Hall–Kier alpha value is -1.07. The molecular formula is C16H23BrN2O2. The van der Waals surface area contributed by atoms with Crippen LogP contribution in [-0.4, -0.2) is 37.0 Å². The van der Waals surface area contributed by atoms with E-state index in [0.29, 0.717) is 23.8 Å². The summed E-state index contributed by atoms with van der Waals surface area (Å²) in [5.74, 6) is 1.40. The third-order valence-electron chi connectivity index (χ3n) is 4.34. The number of halogens is 1. The van der Waals surface area contributed by atoms with Crippen LogP contribution in [0.3, 0.4) is 0 Å². The summed E-state index contributed by atoms with van der Waals surface area (Å²) in [6, 6.07) is 5.60. The number of amides is 1. The summed E-state index contributed by atoms with van der Waals surface area (Å²) in [5.41, 5.74) is 6.53. The second kappa shape index (κ2) is 7.27. The number of nitrogens with two attached hydrogens (primary N) is 1. The van der Waals surface area contributed by atoms with Gasteiger partial charge in [-0.3, -0.25) is 4.79 Å². The number of hydrogen-bond acceptors (Lipinski definition) is 3. The van der Waals surface area contributed by atoms with Crippen molar-refractivity contribution in [3.8, 4) is 5.75 Å². The van der Waals surface area contributed by atoms with E-state index in [1.54, 1.807) is 13.2 Å². The number of piperidine rings is 1. The fraction of sp³-hybridized carbons (Fsp3) is 0.562. The molecule has 0 spiro atoms. The van der Waals surface area contributed by atoms with Gasteiger partial charge >= 0.3 is 0 Å². The van der Waals surface area contributed by atoms with E-state index >= 15 is 0 Å². The molecule has 0 radical (unpaired) electrons. The van der Waals surface area contributed by atoms with Gasteiger partial charge in [0.1, 0.15) is 5.75 Å². The van der Waals surface area contributed by atoms with Crippen LogP contribution >= 0.6 is 15.9 Å². The van der Waals surface area contributed by atoms with E-state index in [0.717, 1.165) is 30.3 Å². The first kappa shape index (κ1) is 16.3. The van der Waals surface area contributed by atoms with Crippen molar-refractivity contribution in [2.75, 3.05) is 20.2 Å². The van der Waals surface area contributed by atoms with Gasteiger partial charge in [-0.1, -0.05) is 13.3 Å². The Kier molecular flexibility index (Phi) is 5.65. The van der Waals surface area contributed by atoms with Crippen molar-refractivity contribution in [2.24, 2.45) is 11.7 Å². The standard InChI is InChI=1S/C16H23BrN2O2/c1-3-11-6-7-19(12(8-11)10-18)16(20)14-9-13(21-2)4-5-15(14)17/h4-5,9,11-12H,3,6-8,10,18H2,1-2H3. The highest BCUT2D eigenvalue weighted by molar-refractivity contribution is 9.10. The summed E-state index contributed by atoms with van der Waals surface area (Å²) < 4.78 is 6.01. The highest BCUT2D eigenvalue weighted by atomic mass is 79.9. The number of likely N-dealkylation sites (tertiary alicyclic amines) is 1. The van der Waals surface area contributed by atoms with Crippen molar-refractivity contribution >= 4 is 21.8 Å². The Morgan fingerprint density at radius 1 is 1.52 bits per heavy atom. The van der Waals surface area contributed by atoms with Gasteiger partial charge in [0.05, 0.1) is 12.7 Å². The average Bonchev–Trinajstić information content (AvgIpc) is 2.54. The van der Waals surface area contributed by atoms with Crippen LogP contribution in [-0.2, 0) is 0 Å². The van der Waals surface area contributed by atoms with Gasteiger partial charge in [-0.2, -0.15) is 0 Å². The minimum Gasteiger partial charge on any atom is -0.497 e. The third kappa shape index (κ3) is 3.58. The van der Waals surface area contributed by atoms with Crippen molar-refractivity contribution in [2.45, 2.75) is 32.2 Å². The maximum Gasteiger partial charge on any atom is 0.255 e. The van der Waals surface area contributed by atoms with Gasteiger partial charge in [-0.15, -0.1) is 0 Å². The maximum absolute atomic E-state index is 12.8. The van der Waals surface area contributed by atoms with Crippen LogP contribution in [0, 0.1) is 5.92 Å². The first-order valence-corrected chi connectivity index (χ1v) is 8.24. The molecule has 5 heteroatoms. The lowest BCUT2D eigenvalue weighted by molar-refractivity contribution is 0.0557. The zero-order chi connectivity index (χ0) is 15.4. The molecule has 116 valence electrons. The van der Waals surface area contributed by atoms with Gasteiger partial charge in [0, 0.05) is 23.6 Å². The molecule has 1 amide bonds. The Labute approximate surface area is 134 Å². The quantitative estimate of drug-likeness (QED) is 0.903. The number of carbonyl (C=O) groups is 1. The fourth-order valence-electron chi connectivity index (χ4n) is 2.95. The number of nitrogens with zero attached hydrogens (tertiary/aromatic N) is 1. The third-order valence-corrected chi connectivity index (χ3v) is 5.03. The van der Waals surface area contributed by atoms with Crippen molar-refractivity contribution in [1.29, 1.82) is 0 Å². The lowest BCUT2D eigenvalue weighted by Gasteiger charge is -2.39. The molecule has 1 aliphatic rings. The van der Waals surface area contributed by atoms with Crippen LogP contribution in [0.4, 0.5) is 0 Å². The van der Waals surface area contributed by atoms with E-state index < -0.39 is 0 Å². The SMILES string of the molecule is CCC1CCN(C(=O)c2cc(OC)ccc2Br)C(CN)C1. The predicted molar refractivity (Wildman–Crippen MR) is 87.6 cm³/mol. The van der Waals surface area contributed by atoms with E-state index in [2.05, 4.69) is 22.9 Å². The molecule has 2 unspecified atom stereocenters. The van der Waals surface area contributed by atoms with Gasteiger partial charge in [-0.05, 0) is 52.9 Å². The zero-order valence-corrected chi connectivity index (χ0v) is 14.2. The summed E-state index contributed by atoms with van der Waals surface area (Å²) in [7, 11) is 1.60. The minimum atomic E-state index is 0.0331. The van der Waals surface area contributed by atoms with Crippen LogP contribution in [0.25, 0.3) is 0 Å². The average molecular weight is 355 g/mol. The molecule has 0 aliphatic carbocycles. The minimum absolute atomic E-state index is 0.0331. The van der Waals surface area contributed by atoms with Crippen LogP contribution in [0.1, 0.15) is 36.5 Å². The largest absolute Gasteiger partial charge is 0.497 e. The highest BCUT2D eigenvalue weighted by Crippen LogP contribution is 2.29. The molecule has 2 rings (SSSR count). The zero-order valence-electron chi connectivity index (χ0n) is 12.6. The van der Waals surface area contributed by atoms with Crippen molar-refractivity contribution < 1.29 is 9.53 Å². The van der Waals surface area contributed by atoms with Crippen LogP contribution in [0.5, 0.6) is 5.75 Å². The lowest BCUT2D eigenvalue weighted by atomic mass is 9.88. The van der Waals surface area contributed by atoms with Crippen molar-refractivity contribution in [1.82, 2.24) is 4.90 Å². The van der Waals surface area contributed by atoms with Gasteiger partial charge in [0.25, 0.3) is 5.91 Å². The molecule has 1 aliphatic heterocycles. The molecule has 1 aromatic rings. The lowest BCUT2D eigenvalue weighted by Crippen LogP contribution is -2.49. The smallest absolute Gasteiger partial charge is 0.255 e. The number of rotatable bonds is 4. The van der Waals surface area contributed by atoms with Gasteiger partial charge < -0.3 is 15.4 Å². The Morgan fingerprint density at radius 2 is 2.29 bits per heavy atom. The summed E-state index contributed by atoms with van der Waals surface area (Å²) in [4.78, 5) is 14.8. The first-order valence-electron chi connectivity index (χ1n) is 7.45. The second-order valence-corrected chi connectivity index (χ2v) is 6.39. The van der Waals surface area contributed by atoms with E-state index in [9.17, 15) is 4.79 Å². The maximum atomic E-state index is 12.8. The molecule has 4 nitrogen and oxygen atoms in total. The Bertz CT molecular complexity index is 507. The number of carbonyl (C=O) groups excluding carboxylic acids is 1. The number of hydrogen-bond donors (Lipinski definition) is 1. The number of ether oxygens (including phenoxy) is 1. The predicted octanol–water partition coefficient (Wildman–Crippen LogP) is 3.05. The molecule has 2 N–H and O–H groups in total. The van der Waals surface area contributed by atoms with Crippen molar-refractivity contribution in [3.63, 3.8) is 0 Å². The molecule has 1 heterocycles. The number of benzene rings is 1. The Morgan fingerprint density at radius 3 is 2.90 bits per heavy atom. The summed E-state index contributed by atoms with van der Waals surface area (Å²) in [5, 5.41) is 0. The molecule has 0 bridgehead atoms. The van der Waals surface area contributed by atoms with Gasteiger partial charge in [0.2, 0.25) is 0 Å². The normalized spacial score (nSPS) is 22.2. The summed E-state index contributed by atoms with van der Waals surface area (Å²) in [6.07, 6.45) is 3.21. The molecule has 21 heavy (non-hydrogen) atoms. The van der Waals surface area contributed by atoms with Crippen LogP contribution in [0.15, 0.2) is 22.7 Å². The van der Waals surface area contributed by atoms with E-state index in [1.807, 2.05) is 17.0 Å². The Balaban J connectivity index is 2.22. The van der Waals surface area contributed by atoms with Crippen molar-refractivity contribution in [3.05, 3.63) is 28.2 Å². The first-order chi connectivity index (χ1) is 10.1. The summed E-state index contributed by atoms with van der Waals surface area (Å²) in [6.45, 7) is 3.50. The van der Waals surface area contributed by atoms with Gasteiger partial charge in [0.15, 0.2) is 0 Å². The number of methoxy groups -OCH3 is 1. The molecular weight excluding hydrogens is 332 g/mol. The van der Waals surface area contributed by atoms with Crippen LogP contribution in [0.2, 0.25) is 0 Å². The van der Waals surface area contributed by atoms with Gasteiger partial charge in [-0.25, -0.2) is 0 Å².